The number of likely N-dealkylation sites (tertiary alicyclic amines) is 1. The van der Waals surface area contributed by atoms with Crippen molar-refractivity contribution in [1.82, 2.24) is 24.8 Å². The van der Waals surface area contributed by atoms with E-state index < -0.39 is 0 Å². The molecule has 2 atom stereocenters. The van der Waals surface area contributed by atoms with Crippen LogP contribution in [-0.4, -0.2) is 83.7 Å². The van der Waals surface area contributed by atoms with Gasteiger partial charge in [0.1, 0.15) is 11.9 Å². The Balaban J connectivity index is 1.14. The second kappa shape index (κ2) is 12.3. The Labute approximate surface area is 247 Å². The number of pyridine rings is 3. The van der Waals surface area contributed by atoms with E-state index in [9.17, 15) is 5.26 Å². The molecular weight excluding hydrogens is 526 g/mol. The van der Waals surface area contributed by atoms with Crippen LogP contribution in [0.1, 0.15) is 30.5 Å². The van der Waals surface area contributed by atoms with E-state index in [0.29, 0.717) is 35.1 Å². The van der Waals surface area contributed by atoms with Crippen molar-refractivity contribution in [2.75, 3.05) is 57.1 Å². The van der Waals surface area contributed by atoms with Crippen molar-refractivity contribution in [1.29, 1.82) is 5.26 Å². The van der Waals surface area contributed by atoms with E-state index >= 15 is 0 Å². The molecule has 3 aromatic heterocycles. The molecule has 7 rings (SSSR count). The molecule has 4 fully saturated rings. The molecule has 10 heteroatoms. The molecular formula is C32H39N9O. The standard InChI is InChI=1S/C32H39N9O/c1-39-9-7-22(8-10-39)15-35-26-11-29(32(38-18-26)25(13-33)14-34)24-4-5-30(36-17-24)40-20-27-12-28(21-40)41(27)19-23-3-6-31(42-2)37-16-23/h3-6,11,13,16-18,22,27-28,35H,7-10,12,15,19-21,33H2,1-2H3. The Kier molecular flexibility index (Phi) is 8.22. The molecule has 4 aliphatic heterocycles. The first-order valence-corrected chi connectivity index (χ1v) is 14.8. The maximum Gasteiger partial charge on any atom is 0.212 e. The molecule has 3 aromatic rings. The number of methoxy groups -OCH3 is 1. The van der Waals surface area contributed by atoms with Crippen LogP contribution in [0.15, 0.2) is 55.1 Å². The van der Waals surface area contributed by atoms with Crippen LogP contribution in [0.4, 0.5) is 11.5 Å². The minimum Gasteiger partial charge on any atom is -0.481 e. The number of piperazine rings is 1. The molecule has 0 amide bonds. The number of allylic oxidation sites excluding steroid dienone is 1. The van der Waals surface area contributed by atoms with Crippen LogP contribution in [-0.2, 0) is 6.54 Å². The zero-order valence-electron chi connectivity index (χ0n) is 24.4. The van der Waals surface area contributed by atoms with Gasteiger partial charge in [-0.3, -0.25) is 9.88 Å². The Hall–Kier alpha value is -4.20. The molecule has 0 spiro atoms. The molecule has 2 unspecified atom stereocenters. The summed E-state index contributed by atoms with van der Waals surface area (Å²) in [6.45, 7) is 5.98. The Morgan fingerprint density at radius 2 is 1.90 bits per heavy atom. The van der Waals surface area contributed by atoms with Crippen LogP contribution in [0.5, 0.6) is 5.88 Å². The molecule has 0 radical (unpaired) electrons. The van der Waals surface area contributed by atoms with E-state index in [1.54, 1.807) is 13.3 Å². The summed E-state index contributed by atoms with van der Waals surface area (Å²) in [5.74, 6) is 2.26. The normalized spacial score (nSPS) is 21.5. The fraction of sp³-hybridized carbons (Fsp3) is 0.438. The smallest absolute Gasteiger partial charge is 0.212 e. The lowest BCUT2D eigenvalue weighted by Gasteiger charge is -2.56. The van der Waals surface area contributed by atoms with Gasteiger partial charge in [0.05, 0.1) is 30.3 Å². The third-order valence-electron chi connectivity index (χ3n) is 8.96. The SMILES string of the molecule is COc1ccc(CN2C3CC2CN(c2ccc(-c4cc(NCC5CCN(C)CC5)cnc4C(C#N)=CN)cn2)C3)cn1. The van der Waals surface area contributed by atoms with Crippen molar-refractivity contribution in [3.63, 3.8) is 0 Å². The van der Waals surface area contributed by atoms with Crippen LogP contribution in [0.25, 0.3) is 16.7 Å². The average molecular weight is 566 g/mol. The van der Waals surface area contributed by atoms with E-state index in [0.717, 1.165) is 61.9 Å². The van der Waals surface area contributed by atoms with Crippen molar-refractivity contribution < 1.29 is 4.74 Å². The van der Waals surface area contributed by atoms with Crippen molar-refractivity contribution in [2.45, 2.75) is 37.9 Å². The number of nitrogens with zero attached hydrogens (tertiary/aromatic N) is 7. The summed E-state index contributed by atoms with van der Waals surface area (Å²) in [6, 6.07) is 13.4. The fourth-order valence-corrected chi connectivity index (χ4v) is 6.39. The monoisotopic (exact) mass is 565 g/mol. The van der Waals surface area contributed by atoms with Crippen molar-refractivity contribution >= 4 is 17.1 Å². The summed E-state index contributed by atoms with van der Waals surface area (Å²) in [4.78, 5) is 21.2. The van der Waals surface area contributed by atoms with Gasteiger partial charge < -0.3 is 25.6 Å². The summed E-state index contributed by atoms with van der Waals surface area (Å²) >= 11 is 0. The first kappa shape index (κ1) is 27.9. The topological polar surface area (TPSA) is 119 Å². The third-order valence-corrected chi connectivity index (χ3v) is 8.96. The van der Waals surface area contributed by atoms with Gasteiger partial charge in [-0.15, -0.1) is 0 Å². The van der Waals surface area contributed by atoms with E-state index in [1.807, 2.05) is 18.5 Å². The lowest BCUT2D eigenvalue weighted by Crippen LogP contribution is -2.68. The largest absolute Gasteiger partial charge is 0.481 e. The van der Waals surface area contributed by atoms with Gasteiger partial charge in [0, 0.05) is 74.0 Å². The molecule has 7 heterocycles. The number of fused-ring (bicyclic) bond motifs is 2. The summed E-state index contributed by atoms with van der Waals surface area (Å²) in [5, 5.41) is 13.3. The average Bonchev–Trinajstić information content (AvgIpc) is 3.04. The second-order valence-electron chi connectivity index (χ2n) is 11.7. The quantitative estimate of drug-likeness (QED) is 0.373. The van der Waals surface area contributed by atoms with Crippen LogP contribution >= 0.6 is 0 Å². The molecule has 42 heavy (non-hydrogen) atoms. The molecule has 0 saturated carbocycles. The first-order chi connectivity index (χ1) is 20.5. The zero-order valence-corrected chi connectivity index (χ0v) is 24.4. The number of hydrogen-bond donors (Lipinski definition) is 2. The van der Waals surface area contributed by atoms with Gasteiger partial charge in [0.2, 0.25) is 5.88 Å². The molecule has 4 aliphatic rings. The van der Waals surface area contributed by atoms with Crippen LogP contribution in [0, 0.1) is 17.2 Å². The van der Waals surface area contributed by atoms with Crippen LogP contribution < -0.4 is 20.7 Å². The molecule has 3 N–H and O–H groups in total. The summed E-state index contributed by atoms with van der Waals surface area (Å²) < 4.78 is 5.19. The molecule has 0 aliphatic carbocycles. The van der Waals surface area contributed by atoms with Gasteiger partial charge in [-0.1, -0.05) is 6.07 Å². The molecule has 10 nitrogen and oxygen atoms in total. The second-order valence-corrected chi connectivity index (χ2v) is 11.7. The lowest BCUT2D eigenvalue weighted by molar-refractivity contribution is -0.00876. The molecule has 0 aromatic carbocycles. The number of nitrogens with two attached hydrogens (primary N) is 1. The number of ether oxygens (including phenoxy) is 1. The highest BCUT2D eigenvalue weighted by Gasteiger charge is 2.44. The number of nitriles is 1. The highest BCUT2D eigenvalue weighted by molar-refractivity contribution is 5.86. The number of rotatable bonds is 9. The predicted molar refractivity (Wildman–Crippen MR) is 165 cm³/mol. The van der Waals surface area contributed by atoms with Crippen LogP contribution in [0.3, 0.4) is 0 Å². The maximum absolute atomic E-state index is 9.70. The van der Waals surface area contributed by atoms with Crippen LogP contribution in [0.2, 0.25) is 0 Å². The van der Waals surface area contributed by atoms with E-state index in [-0.39, 0.29) is 0 Å². The number of piperidine rings is 2. The van der Waals surface area contributed by atoms with Gasteiger partial charge in [0.15, 0.2) is 0 Å². The Bertz CT molecular complexity index is 1430. The highest BCUT2D eigenvalue weighted by atomic mass is 16.5. The lowest BCUT2D eigenvalue weighted by atomic mass is 9.87. The highest BCUT2D eigenvalue weighted by Crippen LogP contribution is 2.36. The van der Waals surface area contributed by atoms with E-state index in [1.165, 1.54) is 31.0 Å². The van der Waals surface area contributed by atoms with Gasteiger partial charge in [-0.05, 0) is 69.1 Å². The van der Waals surface area contributed by atoms with Gasteiger partial charge in [-0.2, -0.15) is 5.26 Å². The molecule has 2 bridgehead atoms. The summed E-state index contributed by atoms with van der Waals surface area (Å²) in [6.07, 6.45) is 10.5. The third kappa shape index (κ3) is 5.89. The van der Waals surface area contributed by atoms with Gasteiger partial charge in [-0.25, -0.2) is 9.97 Å². The Morgan fingerprint density at radius 3 is 2.55 bits per heavy atom. The zero-order chi connectivity index (χ0) is 29.1. The maximum atomic E-state index is 9.70. The van der Waals surface area contributed by atoms with Crippen molar-refractivity contribution in [2.24, 2.45) is 11.7 Å². The number of nitrogens with one attached hydrogen (secondary N) is 1. The molecule has 4 saturated heterocycles. The summed E-state index contributed by atoms with van der Waals surface area (Å²) in [5.41, 5.74) is 10.6. The fourth-order valence-electron chi connectivity index (χ4n) is 6.39. The minimum atomic E-state index is 0.346. The van der Waals surface area contributed by atoms with Crippen molar-refractivity contribution in [3.05, 3.63) is 66.4 Å². The summed E-state index contributed by atoms with van der Waals surface area (Å²) in [7, 11) is 3.82. The van der Waals surface area contributed by atoms with Gasteiger partial charge in [0.25, 0.3) is 0 Å². The number of anilines is 2. The first-order valence-electron chi connectivity index (χ1n) is 14.8. The number of hydrogen-bond acceptors (Lipinski definition) is 10. The van der Waals surface area contributed by atoms with Gasteiger partial charge >= 0.3 is 0 Å². The van der Waals surface area contributed by atoms with Crippen molar-refractivity contribution in [3.8, 4) is 23.1 Å². The minimum absolute atomic E-state index is 0.346. The van der Waals surface area contributed by atoms with E-state index in [2.05, 4.69) is 67.4 Å². The predicted octanol–water partition coefficient (Wildman–Crippen LogP) is 3.59. The Morgan fingerprint density at radius 1 is 1.10 bits per heavy atom. The molecule has 218 valence electrons. The number of aromatic nitrogens is 3. The van der Waals surface area contributed by atoms with E-state index in [4.69, 9.17) is 15.5 Å².